The van der Waals surface area contributed by atoms with Gasteiger partial charge in [0.05, 0.1) is 5.69 Å². The van der Waals surface area contributed by atoms with Crippen LogP contribution in [0.15, 0.2) is 6.07 Å². The highest BCUT2D eigenvalue weighted by Crippen LogP contribution is 2.25. The summed E-state index contributed by atoms with van der Waals surface area (Å²) < 4.78 is 28.3. The summed E-state index contributed by atoms with van der Waals surface area (Å²) >= 11 is 12.0. The molecule has 1 amide bonds. The van der Waals surface area contributed by atoms with Crippen molar-refractivity contribution in [2.24, 2.45) is 0 Å². The van der Waals surface area contributed by atoms with E-state index in [1.54, 1.807) is 25.5 Å². The fourth-order valence-electron chi connectivity index (χ4n) is 2.39. The Morgan fingerprint density at radius 2 is 2.00 bits per heavy atom. The van der Waals surface area contributed by atoms with E-state index in [9.17, 15) is 13.6 Å². The number of amides is 1. The van der Waals surface area contributed by atoms with Gasteiger partial charge in [0.25, 0.3) is 6.43 Å². The van der Waals surface area contributed by atoms with Crippen molar-refractivity contribution < 1.29 is 13.6 Å². The van der Waals surface area contributed by atoms with Gasteiger partial charge in [0.2, 0.25) is 5.91 Å². The average Bonchev–Trinajstić information content (AvgIpc) is 3.06. The molecule has 0 aliphatic carbocycles. The van der Waals surface area contributed by atoms with E-state index in [2.05, 4.69) is 15.5 Å². The molecule has 2 aromatic heterocycles. The third kappa shape index (κ3) is 4.49. The van der Waals surface area contributed by atoms with Crippen LogP contribution in [0, 0.1) is 13.8 Å². The first-order valence-electron chi connectivity index (χ1n) is 7.72. The van der Waals surface area contributed by atoms with Gasteiger partial charge in [-0.3, -0.25) is 14.2 Å². The molecule has 0 aromatic carbocycles. The van der Waals surface area contributed by atoms with Gasteiger partial charge in [-0.1, -0.05) is 23.2 Å². The van der Waals surface area contributed by atoms with Gasteiger partial charge in [0.1, 0.15) is 21.9 Å². The zero-order valence-corrected chi connectivity index (χ0v) is 15.6. The summed E-state index contributed by atoms with van der Waals surface area (Å²) in [6, 6.07) is 0.595. The Bertz CT molecular complexity index is 759. The molecular formula is C15H19Cl2F2N5O. The van der Waals surface area contributed by atoms with Crippen molar-refractivity contribution >= 4 is 29.1 Å². The Morgan fingerprint density at radius 3 is 2.52 bits per heavy atom. The third-order valence-corrected chi connectivity index (χ3v) is 4.69. The number of alkyl halides is 2. The summed E-state index contributed by atoms with van der Waals surface area (Å²) in [7, 11) is 0. The molecule has 6 nitrogen and oxygen atoms in total. The quantitative estimate of drug-likeness (QED) is 0.729. The van der Waals surface area contributed by atoms with Crippen LogP contribution in [0.5, 0.6) is 0 Å². The molecule has 0 fully saturated rings. The molecule has 0 saturated heterocycles. The fourth-order valence-corrected chi connectivity index (χ4v) is 2.78. The Balaban J connectivity index is 1.86. The van der Waals surface area contributed by atoms with Crippen LogP contribution in [0.3, 0.4) is 0 Å². The first-order valence-corrected chi connectivity index (χ1v) is 8.48. The maximum absolute atomic E-state index is 12.7. The number of halogens is 4. The number of aryl methyl sites for hydroxylation is 3. The maximum Gasteiger partial charge on any atom is 0.282 e. The van der Waals surface area contributed by atoms with Crippen LogP contribution in [-0.2, 0) is 11.3 Å². The van der Waals surface area contributed by atoms with E-state index in [1.807, 2.05) is 0 Å². The van der Waals surface area contributed by atoms with E-state index < -0.39 is 12.5 Å². The molecule has 10 heteroatoms. The van der Waals surface area contributed by atoms with Crippen molar-refractivity contribution in [3.8, 4) is 0 Å². The lowest BCUT2D eigenvalue weighted by molar-refractivity contribution is -0.124. The zero-order chi connectivity index (χ0) is 18.7. The first-order chi connectivity index (χ1) is 11.7. The maximum atomic E-state index is 12.7. The van der Waals surface area contributed by atoms with Crippen molar-refractivity contribution in [1.29, 1.82) is 0 Å². The summed E-state index contributed by atoms with van der Waals surface area (Å²) in [4.78, 5) is 12.2. The van der Waals surface area contributed by atoms with Gasteiger partial charge in [0.15, 0.2) is 0 Å². The summed E-state index contributed by atoms with van der Waals surface area (Å²) in [5.41, 5.74) is 0.817. The molecule has 1 atom stereocenters. The van der Waals surface area contributed by atoms with Crippen molar-refractivity contribution in [3.63, 3.8) is 0 Å². The highest BCUT2D eigenvalue weighted by atomic mass is 35.5. The number of hydrogen-bond donors (Lipinski definition) is 1. The normalized spacial score (nSPS) is 12.6. The van der Waals surface area contributed by atoms with Crippen LogP contribution in [0.2, 0.25) is 10.2 Å². The molecular weight excluding hydrogens is 375 g/mol. The van der Waals surface area contributed by atoms with Gasteiger partial charge in [-0.15, -0.1) is 0 Å². The number of hydrogen-bond acceptors (Lipinski definition) is 3. The Labute approximate surface area is 154 Å². The summed E-state index contributed by atoms with van der Waals surface area (Å²) in [6.07, 6.45) is -2.07. The molecule has 0 radical (unpaired) electrons. The zero-order valence-electron chi connectivity index (χ0n) is 14.1. The van der Waals surface area contributed by atoms with E-state index in [-0.39, 0.29) is 11.6 Å². The van der Waals surface area contributed by atoms with Gasteiger partial charge in [0, 0.05) is 18.8 Å². The smallest absolute Gasteiger partial charge is 0.282 e. The van der Waals surface area contributed by atoms with Gasteiger partial charge in [-0.05, 0) is 33.3 Å². The first kappa shape index (κ1) is 19.7. The Morgan fingerprint density at radius 1 is 1.32 bits per heavy atom. The molecule has 138 valence electrons. The van der Waals surface area contributed by atoms with Crippen LogP contribution < -0.4 is 5.32 Å². The molecule has 25 heavy (non-hydrogen) atoms. The number of nitrogens with zero attached hydrogens (tertiary/aromatic N) is 4. The number of aromatic nitrogens is 4. The topological polar surface area (TPSA) is 64.7 Å². The lowest BCUT2D eigenvalue weighted by Crippen LogP contribution is -2.33. The van der Waals surface area contributed by atoms with E-state index in [1.165, 1.54) is 10.7 Å². The highest BCUT2D eigenvalue weighted by molar-refractivity contribution is 6.41. The predicted octanol–water partition coefficient (Wildman–Crippen LogP) is 3.71. The molecule has 2 aromatic rings. The van der Waals surface area contributed by atoms with Gasteiger partial charge >= 0.3 is 0 Å². The minimum Gasteiger partial charge on any atom is -0.354 e. The molecule has 0 spiro atoms. The number of carbonyl (C=O) groups is 1. The van der Waals surface area contributed by atoms with Crippen molar-refractivity contribution in [2.45, 2.75) is 46.2 Å². The molecule has 1 N–H and O–H groups in total. The molecule has 2 heterocycles. The fraction of sp³-hybridized carbons (Fsp3) is 0.533. The SMILES string of the molecule is Cc1nn(CCCNC(=O)C(C)n2nc(C(F)F)cc2C)c(Cl)c1Cl. The van der Waals surface area contributed by atoms with Crippen molar-refractivity contribution in [1.82, 2.24) is 24.9 Å². The lowest BCUT2D eigenvalue weighted by Gasteiger charge is -2.14. The summed E-state index contributed by atoms with van der Waals surface area (Å²) in [5.74, 6) is -0.298. The molecule has 0 saturated carbocycles. The minimum absolute atomic E-state index is 0.298. The van der Waals surface area contributed by atoms with Crippen LogP contribution in [0.25, 0.3) is 0 Å². The second-order valence-corrected chi connectivity index (χ2v) is 6.43. The predicted molar refractivity (Wildman–Crippen MR) is 91.2 cm³/mol. The van der Waals surface area contributed by atoms with E-state index in [0.29, 0.717) is 41.1 Å². The second kappa shape index (κ2) is 8.14. The van der Waals surface area contributed by atoms with E-state index >= 15 is 0 Å². The number of carbonyl (C=O) groups excluding carboxylic acids is 1. The molecule has 0 aliphatic heterocycles. The standard InChI is InChI=1S/C15H19Cl2F2N5O/c1-8-7-11(14(18)19)22-24(8)10(3)15(25)20-5-4-6-23-13(17)12(16)9(2)21-23/h7,10,14H,4-6H2,1-3H3,(H,20,25). The van der Waals surface area contributed by atoms with Crippen LogP contribution in [-0.4, -0.2) is 32.0 Å². The summed E-state index contributed by atoms with van der Waals surface area (Å²) in [5, 5.41) is 11.5. The molecule has 1 unspecified atom stereocenters. The Kier molecular flexibility index (Phi) is 6.40. The summed E-state index contributed by atoms with van der Waals surface area (Å²) in [6.45, 7) is 5.89. The van der Waals surface area contributed by atoms with Crippen LogP contribution in [0.1, 0.15) is 42.9 Å². The Hall–Kier alpha value is -1.67. The van der Waals surface area contributed by atoms with E-state index in [4.69, 9.17) is 23.2 Å². The third-order valence-electron chi connectivity index (χ3n) is 3.75. The second-order valence-electron chi connectivity index (χ2n) is 5.69. The highest BCUT2D eigenvalue weighted by Gasteiger charge is 2.21. The lowest BCUT2D eigenvalue weighted by atomic mass is 10.3. The minimum atomic E-state index is -2.66. The number of rotatable bonds is 7. The average molecular weight is 394 g/mol. The van der Waals surface area contributed by atoms with Gasteiger partial charge < -0.3 is 5.32 Å². The van der Waals surface area contributed by atoms with Crippen LogP contribution >= 0.6 is 23.2 Å². The van der Waals surface area contributed by atoms with E-state index in [0.717, 1.165) is 0 Å². The van der Waals surface area contributed by atoms with Crippen molar-refractivity contribution in [3.05, 3.63) is 33.3 Å². The number of nitrogens with one attached hydrogen (secondary N) is 1. The van der Waals surface area contributed by atoms with Gasteiger partial charge in [-0.2, -0.15) is 10.2 Å². The van der Waals surface area contributed by atoms with Gasteiger partial charge in [-0.25, -0.2) is 8.78 Å². The van der Waals surface area contributed by atoms with Crippen LogP contribution in [0.4, 0.5) is 8.78 Å². The monoisotopic (exact) mass is 393 g/mol. The van der Waals surface area contributed by atoms with Crippen molar-refractivity contribution in [2.75, 3.05) is 6.54 Å². The molecule has 0 bridgehead atoms. The largest absolute Gasteiger partial charge is 0.354 e. The molecule has 0 aliphatic rings. The molecule has 2 rings (SSSR count).